The molecule has 0 saturated heterocycles. The van der Waals surface area contributed by atoms with Crippen LogP contribution in [0.2, 0.25) is 0 Å². The van der Waals surface area contributed by atoms with E-state index in [1.54, 1.807) is 7.11 Å². The molecule has 0 atom stereocenters. The fourth-order valence-corrected chi connectivity index (χ4v) is 1.62. The summed E-state index contributed by atoms with van der Waals surface area (Å²) < 4.78 is 1.88. The fraction of sp³-hybridized carbons (Fsp3) is 0.500. The molecule has 0 aromatic carbocycles. The molecule has 1 fully saturated rings. The molecule has 1 saturated carbocycles. The molecule has 0 N–H and O–H groups in total. The Balaban J connectivity index is 2.45. The van der Waals surface area contributed by atoms with Crippen molar-refractivity contribution >= 4 is 0 Å². The largest absolute Gasteiger partial charge is 0.274 e. The summed E-state index contributed by atoms with van der Waals surface area (Å²) in [5.41, 5.74) is 2.68. The summed E-state index contributed by atoms with van der Waals surface area (Å²) in [5, 5.41) is 0. The number of hydrogen-bond acceptors (Lipinski definition) is 1. The van der Waals surface area contributed by atoms with E-state index in [1.807, 2.05) is 17.0 Å². The van der Waals surface area contributed by atoms with Crippen molar-refractivity contribution in [2.24, 2.45) is 0 Å². The maximum absolute atomic E-state index is 5.24. The zero-order valence-corrected chi connectivity index (χ0v) is 7.58. The van der Waals surface area contributed by atoms with Crippen LogP contribution in [0.3, 0.4) is 0 Å². The van der Waals surface area contributed by atoms with Crippen molar-refractivity contribution in [1.82, 2.24) is 0 Å². The van der Waals surface area contributed by atoms with Crippen LogP contribution in [0.1, 0.15) is 30.0 Å². The highest BCUT2D eigenvalue weighted by atomic mass is 16.6. The van der Waals surface area contributed by atoms with E-state index in [0.29, 0.717) is 0 Å². The van der Waals surface area contributed by atoms with Crippen molar-refractivity contribution in [3.05, 3.63) is 29.6 Å². The van der Waals surface area contributed by atoms with Crippen molar-refractivity contribution < 1.29 is 9.57 Å². The van der Waals surface area contributed by atoms with Crippen LogP contribution in [0.4, 0.5) is 0 Å². The van der Waals surface area contributed by atoms with Gasteiger partial charge in [-0.2, -0.15) is 0 Å². The molecule has 0 amide bonds. The number of nitrogens with zero attached hydrogens (tertiary/aromatic N) is 1. The second-order valence-electron chi connectivity index (χ2n) is 3.36. The third-order valence-electron chi connectivity index (χ3n) is 2.37. The number of pyridine rings is 1. The Hall–Kier alpha value is -1.05. The van der Waals surface area contributed by atoms with Crippen LogP contribution >= 0.6 is 0 Å². The maximum atomic E-state index is 5.24. The van der Waals surface area contributed by atoms with E-state index in [9.17, 15) is 0 Å². The van der Waals surface area contributed by atoms with Gasteiger partial charge in [0.1, 0.15) is 7.11 Å². The summed E-state index contributed by atoms with van der Waals surface area (Å²) in [5.74, 6) is 0.742. The van der Waals surface area contributed by atoms with Gasteiger partial charge in [0.25, 0.3) is 0 Å². The van der Waals surface area contributed by atoms with Crippen LogP contribution < -0.4 is 9.57 Å². The van der Waals surface area contributed by atoms with Gasteiger partial charge in [-0.1, -0.05) is 0 Å². The molecule has 0 radical (unpaired) electrons. The molecule has 0 unspecified atom stereocenters. The number of rotatable bonds is 2. The standard InChI is InChI=1S/C10H14NO/c1-8-4-3-7-11(12-2)10(8)9-5-6-9/h3-4,7,9H,5-6H2,1-2H3/q+1. The highest BCUT2D eigenvalue weighted by Crippen LogP contribution is 2.39. The third-order valence-corrected chi connectivity index (χ3v) is 2.37. The normalized spacial score (nSPS) is 16.2. The van der Waals surface area contributed by atoms with Crippen molar-refractivity contribution in [2.45, 2.75) is 25.7 Å². The SMILES string of the molecule is CO[n+]1cccc(C)c1C1CC1. The van der Waals surface area contributed by atoms with Gasteiger partial charge in [0.15, 0.2) is 0 Å². The second kappa shape index (κ2) is 2.77. The smallest absolute Gasteiger partial charge is 0.240 e. The fourth-order valence-electron chi connectivity index (χ4n) is 1.62. The number of hydrogen-bond donors (Lipinski definition) is 0. The van der Waals surface area contributed by atoms with Gasteiger partial charge in [-0.05, 0) is 25.8 Å². The first kappa shape index (κ1) is 7.59. The quantitative estimate of drug-likeness (QED) is 0.599. The van der Waals surface area contributed by atoms with Gasteiger partial charge in [0.2, 0.25) is 11.9 Å². The molecule has 1 aliphatic rings. The van der Waals surface area contributed by atoms with E-state index in [2.05, 4.69) is 13.0 Å². The molecule has 12 heavy (non-hydrogen) atoms. The molecule has 0 bridgehead atoms. The van der Waals surface area contributed by atoms with Crippen LogP contribution in [-0.2, 0) is 0 Å². The Morgan fingerprint density at radius 3 is 2.83 bits per heavy atom. The first-order valence-corrected chi connectivity index (χ1v) is 4.38. The molecule has 2 nitrogen and oxygen atoms in total. The van der Waals surface area contributed by atoms with Crippen LogP contribution in [-0.4, -0.2) is 7.11 Å². The number of aromatic nitrogens is 1. The molecule has 1 aromatic rings. The predicted octanol–water partition coefficient (Wildman–Crippen LogP) is 1.22. The maximum Gasteiger partial charge on any atom is 0.240 e. The predicted molar refractivity (Wildman–Crippen MR) is 45.9 cm³/mol. The average molecular weight is 164 g/mol. The summed E-state index contributed by atoms with van der Waals surface area (Å²) in [6.45, 7) is 2.14. The average Bonchev–Trinajstić information content (AvgIpc) is 2.87. The Morgan fingerprint density at radius 1 is 1.50 bits per heavy atom. The van der Waals surface area contributed by atoms with E-state index < -0.39 is 0 Å². The van der Waals surface area contributed by atoms with Crippen LogP contribution in [0.15, 0.2) is 18.3 Å². The van der Waals surface area contributed by atoms with Gasteiger partial charge in [-0.15, -0.1) is 0 Å². The van der Waals surface area contributed by atoms with E-state index in [1.165, 1.54) is 24.1 Å². The molecule has 1 aliphatic carbocycles. The van der Waals surface area contributed by atoms with Crippen LogP contribution in [0.25, 0.3) is 0 Å². The molecule has 0 spiro atoms. The lowest BCUT2D eigenvalue weighted by molar-refractivity contribution is -0.890. The van der Waals surface area contributed by atoms with E-state index >= 15 is 0 Å². The monoisotopic (exact) mass is 164 g/mol. The molecule has 2 rings (SSSR count). The minimum atomic E-state index is 0.742. The Kier molecular flexibility index (Phi) is 1.75. The number of aryl methyl sites for hydroxylation is 1. The van der Waals surface area contributed by atoms with Gasteiger partial charge in [-0.3, -0.25) is 4.84 Å². The first-order chi connectivity index (χ1) is 5.83. The summed E-state index contributed by atoms with van der Waals surface area (Å²) in [7, 11) is 1.71. The van der Waals surface area contributed by atoms with Gasteiger partial charge in [0, 0.05) is 22.3 Å². The molecular formula is C10H14NO+. The molecule has 0 aliphatic heterocycles. The summed E-state index contributed by atoms with van der Waals surface area (Å²) in [4.78, 5) is 5.24. The van der Waals surface area contributed by atoms with E-state index in [0.717, 1.165) is 5.92 Å². The van der Waals surface area contributed by atoms with Gasteiger partial charge in [0.05, 0.1) is 0 Å². The zero-order valence-electron chi connectivity index (χ0n) is 7.58. The lowest BCUT2D eigenvalue weighted by Gasteiger charge is -2.00. The molecule has 1 heterocycles. The van der Waals surface area contributed by atoms with Crippen LogP contribution in [0.5, 0.6) is 0 Å². The van der Waals surface area contributed by atoms with Gasteiger partial charge < -0.3 is 0 Å². The topological polar surface area (TPSA) is 13.1 Å². The third kappa shape index (κ3) is 1.17. The lowest BCUT2D eigenvalue weighted by atomic mass is 10.1. The lowest BCUT2D eigenvalue weighted by Crippen LogP contribution is -2.44. The van der Waals surface area contributed by atoms with Crippen molar-refractivity contribution in [2.75, 3.05) is 7.11 Å². The molecule has 64 valence electrons. The van der Waals surface area contributed by atoms with Crippen molar-refractivity contribution in [1.29, 1.82) is 0 Å². The Labute approximate surface area is 72.7 Å². The molecule has 1 aromatic heterocycles. The van der Waals surface area contributed by atoms with Gasteiger partial charge >= 0.3 is 0 Å². The highest BCUT2D eigenvalue weighted by molar-refractivity contribution is 5.20. The molecule has 2 heteroatoms. The Bertz CT molecular complexity index is 292. The summed E-state index contributed by atoms with van der Waals surface area (Å²) >= 11 is 0. The first-order valence-electron chi connectivity index (χ1n) is 4.38. The van der Waals surface area contributed by atoms with E-state index in [4.69, 9.17) is 4.84 Å². The van der Waals surface area contributed by atoms with E-state index in [-0.39, 0.29) is 0 Å². The second-order valence-corrected chi connectivity index (χ2v) is 3.36. The van der Waals surface area contributed by atoms with Crippen molar-refractivity contribution in [3.63, 3.8) is 0 Å². The minimum Gasteiger partial charge on any atom is -0.274 e. The zero-order chi connectivity index (χ0) is 8.55. The molecular weight excluding hydrogens is 150 g/mol. The highest BCUT2D eigenvalue weighted by Gasteiger charge is 2.34. The van der Waals surface area contributed by atoms with Crippen molar-refractivity contribution in [3.8, 4) is 0 Å². The minimum absolute atomic E-state index is 0.742. The Morgan fingerprint density at radius 2 is 2.25 bits per heavy atom. The summed E-state index contributed by atoms with van der Waals surface area (Å²) in [6, 6.07) is 4.16. The van der Waals surface area contributed by atoms with Gasteiger partial charge in [-0.25, -0.2) is 0 Å². The summed E-state index contributed by atoms with van der Waals surface area (Å²) in [6.07, 6.45) is 4.60. The van der Waals surface area contributed by atoms with Crippen LogP contribution in [0, 0.1) is 6.92 Å².